The van der Waals surface area contributed by atoms with Gasteiger partial charge in [-0.1, -0.05) is 48.5 Å². The Balaban J connectivity index is 1.54. The van der Waals surface area contributed by atoms with Gasteiger partial charge in [-0.15, -0.1) is 0 Å². The standard InChI is InChI=1S/C22H26N2O4/c1-27-22(26)20(23-28-16-17-8-4-2-5-9-17)18-12-14-24(15-13-18)21(25)19-10-6-3-7-11-19/h2-11,18,20,23H,12-16H2,1H3. The summed E-state index contributed by atoms with van der Waals surface area (Å²) in [6.07, 6.45) is 1.42. The number of nitrogens with zero attached hydrogens (tertiary/aromatic N) is 1. The summed E-state index contributed by atoms with van der Waals surface area (Å²) in [6.45, 7) is 1.57. The van der Waals surface area contributed by atoms with Crippen molar-refractivity contribution in [2.45, 2.75) is 25.5 Å². The molecule has 1 saturated heterocycles. The van der Waals surface area contributed by atoms with Crippen LogP contribution in [0.4, 0.5) is 0 Å². The number of nitrogens with one attached hydrogen (secondary N) is 1. The molecule has 3 rings (SSSR count). The Hall–Kier alpha value is -2.70. The maximum absolute atomic E-state index is 12.6. The highest BCUT2D eigenvalue weighted by atomic mass is 16.6. The molecular weight excluding hydrogens is 356 g/mol. The Kier molecular flexibility index (Phi) is 7.17. The van der Waals surface area contributed by atoms with E-state index in [1.165, 1.54) is 7.11 Å². The Labute approximate surface area is 165 Å². The summed E-state index contributed by atoms with van der Waals surface area (Å²) in [5, 5.41) is 0. The Bertz CT molecular complexity index is 759. The third-order valence-corrected chi connectivity index (χ3v) is 5.07. The van der Waals surface area contributed by atoms with Crippen molar-refractivity contribution in [1.29, 1.82) is 0 Å². The highest BCUT2D eigenvalue weighted by Gasteiger charge is 2.33. The van der Waals surface area contributed by atoms with Crippen LogP contribution in [0.1, 0.15) is 28.8 Å². The molecule has 1 heterocycles. The van der Waals surface area contributed by atoms with E-state index < -0.39 is 6.04 Å². The topological polar surface area (TPSA) is 67.9 Å². The molecule has 0 bridgehead atoms. The molecule has 6 heteroatoms. The predicted molar refractivity (Wildman–Crippen MR) is 105 cm³/mol. The van der Waals surface area contributed by atoms with Crippen LogP contribution in [0.5, 0.6) is 0 Å². The molecular formula is C22H26N2O4. The third kappa shape index (κ3) is 5.18. The second-order valence-electron chi connectivity index (χ2n) is 6.89. The number of amides is 1. The minimum Gasteiger partial charge on any atom is -0.468 e. The van der Waals surface area contributed by atoms with E-state index in [-0.39, 0.29) is 17.8 Å². The summed E-state index contributed by atoms with van der Waals surface area (Å²) in [5.41, 5.74) is 4.59. The summed E-state index contributed by atoms with van der Waals surface area (Å²) in [5.74, 6) is -0.272. The van der Waals surface area contributed by atoms with Gasteiger partial charge in [-0.2, -0.15) is 5.48 Å². The molecule has 2 aromatic rings. The fourth-order valence-electron chi connectivity index (χ4n) is 3.45. The van der Waals surface area contributed by atoms with E-state index in [1.807, 2.05) is 65.6 Å². The van der Waals surface area contributed by atoms with Crippen molar-refractivity contribution >= 4 is 11.9 Å². The number of hydrogen-bond acceptors (Lipinski definition) is 5. The van der Waals surface area contributed by atoms with Crippen molar-refractivity contribution in [2.75, 3.05) is 20.2 Å². The summed E-state index contributed by atoms with van der Waals surface area (Å²) in [4.78, 5) is 32.2. The van der Waals surface area contributed by atoms with Crippen LogP contribution in [0.25, 0.3) is 0 Å². The van der Waals surface area contributed by atoms with Crippen molar-refractivity contribution in [3.05, 3.63) is 71.8 Å². The molecule has 0 aliphatic carbocycles. The van der Waals surface area contributed by atoms with Crippen LogP contribution in [0.2, 0.25) is 0 Å². The fraction of sp³-hybridized carbons (Fsp3) is 0.364. The molecule has 1 fully saturated rings. The summed E-state index contributed by atoms with van der Waals surface area (Å²) in [7, 11) is 1.38. The maximum Gasteiger partial charge on any atom is 0.325 e. The lowest BCUT2D eigenvalue weighted by Gasteiger charge is -2.35. The van der Waals surface area contributed by atoms with Gasteiger partial charge in [0.15, 0.2) is 0 Å². The minimum atomic E-state index is -0.553. The number of ether oxygens (including phenoxy) is 1. The van der Waals surface area contributed by atoms with Crippen molar-refractivity contribution < 1.29 is 19.2 Å². The van der Waals surface area contributed by atoms with E-state index >= 15 is 0 Å². The first-order chi connectivity index (χ1) is 13.7. The molecule has 2 aromatic carbocycles. The van der Waals surface area contributed by atoms with Crippen LogP contribution in [-0.4, -0.2) is 43.0 Å². The number of carbonyl (C=O) groups excluding carboxylic acids is 2. The SMILES string of the molecule is COC(=O)C(NOCc1ccccc1)C1CCN(C(=O)c2ccccc2)CC1. The lowest BCUT2D eigenvalue weighted by molar-refractivity contribution is -0.151. The fourth-order valence-corrected chi connectivity index (χ4v) is 3.45. The lowest BCUT2D eigenvalue weighted by Crippen LogP contribution is -2.49. The molecule has 0 saturated carbocycles. The highest BCUT2D eigenvalue weighted by Crippen LogP contribution is 2.23. The van der Waals surface area contributed by atoms with Gasteiger partial charge >= 0.3 is 5.97 Å². The van der Waals surface area contributed by atoms with Crippen molar-refractivity contribution in [3.63, 3.8) is 0 Å². The van der Waals surface area contributed by atoms with Crippen molar-refractivity contribution in [3.8, 4) is 0 Å². The molecule has 6 nitrogen and oxygen atoms in total. The molecule has 1 unspecified atom stereocenters. The first-order valence-electron chi connectivity index (χ1n) is 9.52. The van der Waals surface area contributed by atoms with Crippen molar-refractivity contribution in [1.82, 2.24) is 10.4 Å². The summed E-state index contributed by atoms with van der Waals surface area (Å²) in [6, 6.07) is 18.5. The van der Waals surface area contributed by atoms with Gasteiger partial charge in [-0.3, -0.25) is 14.4 Å². The highest BCUT2D eigenvalue weighted by molar-refractivity contribution is 5.94. The Morgan fingerprint density at radius 1 is 1.04 bits per heavy atom. The van der Waals surface area contributed by atoms with E-state index in [4.69, 9.17) is 9.57 Å². The first-order valence-corrected chi connectivity index (χ1v) is 9.52. The molecule has 1 aliphatic heterocycles. The van der Waals surface area contributed by atoms with Gasteiger partial charge in [0.05, 0.1) is 13.7 Å². The largest absolute Gasteiger partial charge is 0.468 e. The summed E-state index contributed by atoms with van der Waals surface area (Å²) >= 11 is 0. The van der Waals surface area contributed by atoms with Gasteiger partial charge < -0.3 is 9.64 Å². The number of methoxy groups -OCH3 is 1. The van der Waals surface area contributed by atoms with E-state index in [9.17, 15) is 9.59 Å². The number of piperidine rings is 1. The molecule has 148 valence electrons. The average Bonchev–Trinajstić information content (AvgIpc) is 2.77. The second kappa shape index (κ2) is 10.0. The molecule has 28 heavy (non-hydrogen) atoms. The minimum absolute atomic E-state index is 0.0296. The Morgan fingerprint density at radius 3 is 2.25 bits per heavy atom. The summed E-state index contributed by atoms with van der Waals surface area (Å²) < 4.78 is 4.95. The number of likely N-dealkylation sites (tertiary alicyclic amines) is 1. The zero-order chi connectivity index (χ0) is 19.8. The second-order valence-corrected chi connectivity index (χ2v) is 6.89. The van der Waals surface area contributed by atoms with E-state index in [0.717, 1.165) is 5.56 Å². The lowest BCUT2D eigenvalue weighted by atomic mass is 9.89. The maximum atomic E-state index is 12.6. The zero-order valence-electron chi connectivity index (χ0n) is 16.0. The van der Waals surface area contributed by atoms with Crippen LogP contribution < -0.4 is 5.48 Å². The molecule has 1 atom stereocenters. The van der Waals surface area contributed by atoms with Crippen LogP contribution in [-0.2, 0) is 21.0 Å². The first kappa shape index (κ1) is 20.0. The van der Waals surface area contributed by atoms with E-state index in [0.29, 0.717) is 38.1 Å². The number of hydrogen-bond donors (Lipinski definition) is 1. The molecule has 0 aromatic heterocycles. The average molecular weight is 382 g/mol. The number of carbonyl (C=O) groups is 2. The van der Waals surface area contributed by atoms with Gasteiger partial charge in [0, 0.05) is 18.7 Å². The molecule has 1 aliphatic rings. The molecule has 0 spiro atoms. The number of hydroxylamine groups is 1. The van der Waals surface area contributed by atoms with E-state index in [2.05, 4.69) is 5.48 Å². The smallest absolute Gasteiger partial charge is 0.325 e. The van der Waals surface area contributed by atoms with Crippen LogP contribution >= 0.6 is 0 Å². The van der Waals surface area contributed by atoms with Crippen molar-refractivity contribution in [2.24, 2.45) is 5.92 Å². The zero-order valence-corrected chi connectivity index (χ0v) is 16.0. The van der Waals surface area contributed by atoms with Crippen LogP contribution in [0.15, 0.2) is 60.7 Å². The van der Waals surface area contributed by atoms with Crippen LogP contribution in [0.3, 0.4) is 0 Å². The van der Waals surface area contributed by atoms with Gasteiger partial charge in [-0.25, -0.2) is 0 Å². The Morgan fingerprint density at radius 2 is 1.64 bits per heavy atom. The quantitative estimate of drug-likeness (QED) is 0.589. The number of esters is 1. The van der Waals surface area contributed by atoms with Gasteiger partial charge in [0.2, 0.25) is 0 Å². The molecule has 1 amide bonds. The van der Waals surface area contributed by atoms with Gasteiger partial charge in [0.1, 0.15) is 6.04 Å². The monoisotopic (exact) mass is 382 g/mol. The van der Waals surface area contributed by atoms with Gasteiger partial charge in [0.25, 0.3) is 5.91 Å². The normalized spacial score (nSPS) is 15.8. The predicted octanol–water partition coefficient (Wildman–Crippen LogP) is 2.80. The van der Waals surface area contributed by atoms with Gasteiger partial charge in [-0.05, 0) is 36.5 Å². The van der Waals surface area contributed by atoms with Crippen LogP contribution in [0, 0.1) is 5.92 Å². The molecule has 0 radical (unpaired) electrons. The number of benzene rings is 2. The molecule has 1 N–H and O–H groups in total. The number of rotatable bonds is 7. The van der Waals surface area contributed by atoms with E-state index in [1.54, 1.807) is 0 Å². The third-order valence-electron chi connectivity index (χ3n) is 5.07.